The molecule has 0 aliphatic rings. The summed E-state index contributed by atoms with van der Waals surface area (Å²) in [6.07, 6.45) is -0.401. The first-order chi connectivity index (χ1) is 8.83. The zero-order chi connectivity index (χ0) is 14.5. The van der Waals surface area contributed by atoms with Crippen molar-refractivity contribution in [3.8, 4) is 11.8 Å². The van der Waals surface area contributed by atoms with Crippen molar-refractivity contribution in [1.82, 2.24) is 0 Å². The van der Waals surface area contributed by atoms with Crippen LogP contribution in [0.2, 0.25) is 0 Å². The SMILES string of the molecule is CN(C(=O)OC(C)(C)C)c1ccc(C#CCO)cc1. The van der Waals surface area contributed by atoms with Crippen molar-refractivity contribution in [3.05, 3.63) is 29.8 Å². The van der Waals surface area contributed by atoms with E-state index in [2.05, 4.69) is 11.8 Å². The summed E-state index contributed by atoms with van der Waals surface area (Å²) in [6, 6.07) is 7.15. The van der Waals surface area contributed by atoms with E-state index in [1.165, 1.54) is 4.90 Å². The van der Waals surface area contributed by atoms with Gasteiger partial charge in [0.25, 0.3) is 0 Å². The van der Waals surface area contributed by atoms with Crippen LogP contribution < -0.4 is 4.90 Å². The number of hydrogen-bond acceptors (Lipinski definition) is 3. The smallest absolute Gasteiger partial charge is 0.414 e. The number of aliphatic hydroxyl groups excluding tert-OH is 1. The molecule has 0 unspecified atom stereocenters. The maximum absolute atomic E-state index is 11.9. The second-order valence-corrected chi connectivity index (χ2v) is 5.05. The Balaban J connectivity index is 2.78. The number of carbonyl (C=O) groups excluding carboxylic acids is 1. The summed E-state index contributed by atoms with van der Waals surface area (Å²) in [7, 11) is 1.66. The topological polar surface area (TPSA) is 49.8 Å². The third kappa shape index (κ3) is 5.02. The summed E-state index contributed by atoms with van der Waals surface area (Å²) in [4.78, 5) is 13.3. The van der Waals surface area contributed by atoms with E-state index in [1.807, 2.05) is 20.8 Å². The van der Waals surface area contributed by atoms with Gasteiger partial charge in [-0.1, -0.05) is 11.8 Å². The minimum atomic E-state index is -0.516. The second-order valence-electron chi connectivity index (χ2n) is 5.05. The van der Waals surface area contributed by atoms with Crippen LogP contribution in [0.5, 0.6) is 0 Å². The van der Waals surface area contributed by atoms with Crippen molar-refractivity contribution in [2.75, 3.05) is 18.6 Å². The summed E-state index contributed by atoms with van der Waals surface area (Å²) in [6.45, 7) is 5.31. The van der Waals surface area contributed by atoms with Crippen molar-refractivity contribution < 1.29 is 14.6 Å². The Morgan fingerprint density at radius 3 is 2.37 bits per heavy atom. The number of hydrogen-bond donors (Lipinski definition) is 1. The first kappa shape index (κ1) is 15.1. The maximum Gasteiger partial charge on any atom is 0.414 e. The van der Waals surface area contributed by atoms with Gasteiger partial charge in [0.1, 0.15) is 12.2 Å². The fraction of sp³-hybridized carbons (Fsp3) is 0.400. The highest BCUT2D eigenvalue weighted by molar-refractivity contribution is 5.87. The molecule has 0 aliphatic carbocycles. The van der Waals surface area contributed by atoms with Crippen molar-refractivity contribution in [1.29, 1.82) is 0 Å². The Hall–Kier alpha value is -1.99. The van der Waals surface area contributed by atoms with E-state index in [1.54, 1.807) is 31.3 Å². The molecule has 0 saturated heterocycles. The van der Waals surface area contributed by atoms with Gasteiger partial charge in [0.05, 0.1) is 0 Å². The van der Waals surface area contributed by atoms with Crippen LogP contribution in [0.25, 0.3) is 0 Å². The molecule has 0 atom stereocenters. The second kappa shape index (κ2) is 6.26. The van der Waals surface area contributed by atoms with Crippen molar-refractivity contribution in [3.63, 3.8) is 0 Å². The summed E-state index contributed by atoms with van der Waals surface area (Å²) in [5.41, 5.74) is 0.997. The van der Waals surface area contributed by atoms with Crippen LogP contribution >= 0.6 is 0 Å². The van der Waals surface area contributed by atoms with Crippen molar-refractivity contribution in [2.45, 2.75) is 26.4 Å². The molecule has 0 heterocycles. The lowest BCUT2D eigenvalue weighted by Gasteiger charge is -2.24. The van der Waals surface area contributed by atoms with E-state index in [0.717, 1.165) is 11.3 Å². The van der Waals surface area contributed by atoms with Crippen LogP contribution in [0.1, 0.15) is 26.3 Å². The van der Waals surface area contributed by atoms with Gasteiger partial charge in [-0.25, -0.2) is 4.79 Å². The normalized spacial score (nSPS) is 10.4. The lowest BCUT2D eigenvalue weighted by Crippen LogP contribution is -2.34. The van der Waals surface area contributed by atoms with Crippen LogP contribution in [0.15, 0.2) is 24.3 Å². The Bertz CT molecular complexity index is 489. The molecule has 1 N–H and O–H groups in total. The van der Waals surface area contributed by atoms with Crippen LogP contribution in [0.4, 0.5) is 10.5 Å². The molecule has 1 aromatic carbocycles. The highest BCUT2D eigenvalue weighted by atomic mass is 16.6. The van der Waals surface area contributed by atoms with Gasteiger partial charge in [0.15, 0.2) is 0 Å². The number of ether oxygens (including phenoxy) is 1. The van der Waals surface area contributed by atoms with E-state index in [-0.39, 0.29) is 6.61 Å². The Morgan fingerprint density at radius 2 is 1.89 bits per heavy atom. The predicted octanol–water partition coefficient (Wildman–Crippen LogP) is 2.40. The highest BCUT2D eigenvalue weighted by Gasteiger charge is 2.20. The molecular formula is C15H19NO3. The van der Waals surface area contributed by atoms with Crippen LogP contribution in [-0.4, -0.2) is 30.5 Å². The fourth-order valence-electron chi connectivity index (χ4n) is 1.35. The van der Waals surface area contributed by atoms with Crippen LogP contribution in [0.3, 0.4) is 0 Å². The quantitative estimate of drug-likeness (QED) is 0.790. The predicted molar refractivity (Wildman–Crippen MR) is 75.0 cm³/mol. The van der Waals surface area contributed by atoms with Gasteiger partial charge >= 0.3 is 6.09 Å². The molecule has 1 rings (SSSR count). The van der Waals surface area contributed by atoms with Gasteiger partial charge in [-0.2, -0.15) is 0 Å². The molecule has 0 fully saturated rings. The van der Waals surface area contributed by atoms with Gasteiger partial charge in [-0.15, -0.1) is 0 Å². The number of benzene rings is 1. The number of aliphatic hydroxyl groups is 1. The van der Waals surface area contributed by atoms with E-state index >= 15 is 0 Å². The third-order valence-corrected chi connectivity index (χ3v) is 2.23. The summed E-state index contributed by atoms with van der Waals surface area (Å²) >= 11 is 0. The van der Waals surface area contributed by atoms with Gasteiger partial charge in [0.2, 0.25) is 0 Å². The number of nitrogens with zero attached hydrogens (tertiary/aromatic N) is 1. The first-order valence-corrected chi connectivity index (χ1v) is 6.00. The van der Waals surface area contributed by atoms with E-state index in [0.29, 0.717) is 0 Å². The van der Waals surface area contributed by atoms with E-state index in [4.69, 9.17) is 9.84 Å². The average Bonchev–Trinajstić information content (AvgIpc) is 2.34. The molecule has 0 spiro atoms. The molecule has 0 aliphatic heterocycles. The summed E-state index contributed by atoms with van der Waals surface area (Å²) in [5.74, 6) is 5.36. The number of rotatable bonds is 1. The lowest BCUT2D eigenvalue weighted by molar-refractivity contribution is 0.0589. The molecule has 19 heavy (non-hydrogen) atoms. The monoisotopic (exact) mass is 261 g/mol. The number of anilines is 1. The van der Waals surface area contributed by atoms with Crippen LogP contribution in [-0.2, 0) is 4.74 Å². The zero-order valence-corrected chi connectivity index (χ0v) is 11.7. The Labute approximate surface area is 114 Å². The summed E-state index contributed by atoms with van der Waals surface area (Å²) in [5, 5.41) is 8.61. The number of carbonyl (C=O) groups is 1. The molecule has 0 bridgehead atoms. The number of amides is 1. The zero-order valence-electron chi connectivity index (χ0n) is 11.7. The molecule has 1 amide bonds. The largest absolute Gasteiger partial charge is 0.443 e. The maximum atomic E-state index is 11.9. The van der Waals surface area contributed by atoms with E-state index in [9.17, 15) is 4.79 Å². The Morgan fingerprint density at radius 1 is 1.32 bits per heavy atom. The van der Waals surface area contributed by atoms with Crippen molar-refractivity contribution >= 4 is 11.8 Å². The van der Waals surface area contributed by atoms with Gasteiger partial charge in [0, 0.05) is 18.3 Å². The lowest BCUT2D eigenvalue weighted by atomic mass is 10.2. The van der Waals surface area contributed by atoms with Crippen molar-refractivity contribution in [2.24, 2.45) is 0 Å². The molecule has 0 radical (unpaired) electrons. The van der Waals surface area contributed by atoms with Gasteiger partial charge in [-0.3, -0.25) is 4.90 Å². The molecule has 102 valence electrons. The fourth-order valence-corrected chi connectivity index (χ4v) is 1.35. The average molecular weight is 261 g/mol. The molecule has 4 nitrogen and oxygen atoms in total. The minimum absolute atomic E-state index is 0.167. The minimum Gasteiger partial charge on any atom is -0.443 e. The molecule has 1 aromatic rings. The Kier molecular flexibility index (Phi) is 4.96. The van der Waals surface area contributed by atoms with Gasteiger partial charge in [-0.05, 0) is 45.0 Å². The molecule has 4 heteroatoms. The van der Waals surface area contributed by atoms with Gasteiger partial charge < -0.3 is 9.84 Å². The van der Waals surface area contributed by atoms with Crippen LogP contribution in [0, 0.1) is 11.8 Å². The first-order valence-electron chi connectivity index (χ1n) is 6.00. The molecule has 0 aromatic heterocycles. The molecule has 0 saturated carbocycles. The molecular weight excluding hydrogens is 242 g/mol. The summed E-state index contributed by atoms with van der Waals surface area (Å²) < 4.78 is 5.28. The van der Waals surface area contributed by atoms with E-state index < -0.39 is 11.7 Å². The third-order valence-electron chi connectivity index (χ3n) is 2.23. The highest BCUT2D eigenvalue weighted by Crippen LogP contribution is 2.17. The standard InChI is InChI=1S/C15H19NO3/c1-15(2,3)19-14(18)16(4)13-9-7-12(8-10-13)6-5-11-17/h7-10,17H,11H2,1-4H3.